The van der Waals surface area contributed by atoms with Crippen molar-refractivity contribution < 1.29 is 9.47 Å². The smallest absolute Gasteiger partial charge is 0.161 e. The van der Waals surface area contributed by atoms with Crippen molar-refractivity contribution in [3.05, 3.63) is 49.1 Å². The van der Waals surface area contributed by atoms with Gasteiger partial charge in [-0.05, 0) is 42.3 Å². The topological polar surface area (TPSA) is 77.9 Å². The molecule has 0 bridgehead atoms. The lowest BCUT2D eigenvalue weighted by Gasteiger charge is -2.13. The highest BCUT2D eigenvalue weighted by Crippen LogP contribution is 2.32. The van der Waals surface area contributed by atoms with Crippen molar-refractivity contribution in [3.63, 3.8) is 0 Å². The number of hydrogen-bond acceptors (Lipinski definition) is 5. The van der Waals surface area contributed by atoms with Crippen molar-refractivity contribution in [1.82, 2.24) is 24.7 Å². The molecule has 4 rings (SSSR count). The number of aromatic amines is 1. The van der Waals surface area contributed by atoms with E-state index >= 15 is 0 Å². The van der Waals surface area contributed by atoms with Gasteiger partial charge in [0, 0.05) is 5.56 Å². The number of benzene rings is 2. The van der Waals surface area contributed by atoms with E-state index in [2.05, 4.69) is 28.9 Å². The zero-order chi connectivity index (χ0) is 18.8. The van der Waals surface area contributed by atoms with E-state index in [1.807, 2.05) is 36.4 Å². The first-order valence-corrected chi connectivity index (χ1v) is 8.80. The van der Waals surface area contributed by atoms with E-state index in [0.717, 1.165) is 28.1 Å². The first-order chi connectivity index (χ1) is 13.1. The van der Waals surface area contributed by atoms with Gasteiger partial charge in [-0.25, -0.2) is 14.6 Å². The Bertz CT molecular complexity index is 1050. The van der Waals surface area contributed by atoms with Gasteiger partial charge >= 0.3 is 0 Å². The molecule has 0 radical (unpaired) electrons. The Morgan fingerprint density at radius 2 is 2.00 bits per heavy atom. The molecule has 7 nitrogen and oxygen atoms in total. The summed E-state index contributed by atoms with van der Waals surface area (Å²) in [5, 5.41) is 4.16. The number of ether oxygens (including phenoxy) is 2. The number of rotatable bonds is 6. The number of nitrogens with one attached hydrogen (secondary N) is 1. The van der Waals surface area contributed by atoms with Crippen LogP contribution in [0, 0.1) is 5.92 Å². The summed E-state index contributed by atoms with van der Waals surface area (Å²) >= 11 is 0. The highest BCUT2D eigenvalue weighted by Gasteiger charge is 2.12. The van der Waals surface area contributed by atoms with Crippen LogP contribution in [0.4, 0.5) is 0 Å². The molecule has 0 fully saturated rings. The zero-order valence-corrected chi connectivity index (χ0v) is 15.5. The maximum Gasteiger partial charge on any atom is 0.161 e. The fraction of sp³-hybridized carbons (Fsp3) is 0.250. The SMILES string of the molecule is COc1ccc(-c2nc3ccc(-n4cncn4)cc3[nH]2)cc1OCC(C)C. The Balaban J connectivity index is 1.70. The lowest BCUT2D eigenvalue weighted by molar-refractivity contribution is 0.257. The average molecular weight is 363 g/mol. The predicted molar refractivity (Wildman–Crippen MR) is 103 cm³/mol. The highest BCUT2D eigenvalue weighted by molar-refractivity contribution is 5.81. The molecule has 0 atom stereocenters. The molecule has 4 aromatic rings. The van der Waals surface area contributed by atoms with Crippen molar-refractivity contribution in [1.29, 1.82) is 0 Å². The molecule has 7 heteroatoms. The minimum atomic E-state index is 0.430. The van der Waals surface area contributed by atoms with Crippen LogP contribution in [0.15, 0.2) is 49.1 Å². The third-order valence-corrected chi connectivity index (χ3v) is 4.16. The molecular formula is C20H21N5O2. The molecule has 0 saturated heterocycles. The molecule has 0 aliphatic rings. The van der Waals surface area contributed by atoms with E-state index in [-0.39, 0.29) is 0 Å². The maximum absolute atomic E-state index is 5.91. The molecule has 0 aliphatic heterocycles. The van der Waals surface area contributed by atoms with E-state index in [9.17, 15) is 0 Å². The summed E-state index contributed by atoms with van der Waals surface area (Å²) in [6.45, 7) is 4.85. The van der Waals surface area contributed by atoms with Gasteiger partial charge in [-0.15, -0.1) is 0 Å². The lowest BCUT2D eigenvalue weighted by atomic mass is 10.2. The molecule has 0 amide bonds. The quantitative estimate of drug-likeness (QED) is 0.563. The second kappa shape index (κ2) is 7.11. The summed E-state index contributed by atoms with van der Waals surface area (Å²) in [6.07, 6.45) is 3.18. The van der Waals surface area contributed by atoms with E-state index in [1.165, 1.54) is 6.33 Å². The van der Waals surface area contributed by atoms with E-state index in [4.69, 9.17) is 14.5 Å². The second-order valence-electron chi connectivity index (χ2n) is 6.70. The lowest BCUT2D eigenvalue weighted by Crippen LogP contribution is -2.05. The summed E-state index contributed by atoms with van der Waals surface area (Å²) < 4.78 is 13.0. The van der Waals surface area contributed by atoms with Crippen molar-refractivity contribution in [3.8, 4) is 28.6 Å². The summed E-state index contributed by atoms with van der Waals surface area (Å²) in [6, 6.07) is 11.8. The Morgan fingerprint density at radius 3 is 2.74 bits per heavy atom. The Kier molecular flexibility index (Phi) is 4.50. The predicted octanol–water partition coefficient (Wildman–Crippen LogP) is 3.85. The van der Waals surface area contributed by atoms with Crippen molar-refractivity contribution in [2.75, 3.05) is 13.7 Å². The Morgan fingerprint density at radius 1 is 1.11 bits per heavy atom. The summed E-state index contributed by atoms with van der Waals surface area (Å²) in [7, 11) is 1.64. The molecule has 27 heavy (non-hydrogen) atoms. The van der Waals surface area contributed by atoms with Crippen LogP contribution in [0.3, 0.4) is 0 Å². The molecule has 138 valence electrons. The number of aromatic nitrogens is 5. The standard InChI is InChI=1S/C20H21N5O2/c1-13(2)10-27-19-8-14(4-7-18(19)26-3)20-23-16-6-5-15(9-17(16)24-20)25-12-21-11-22-25/h4-9,11-13H,10H2,1-3H3,(H,23,24). The first-order valence-electron chi connectivity index (χ1n) is 8.80. The highest BCUT2D eigenvalue weighted by atomic mass is 16.5. The minimum absolute atomic E-state index is 0.430. The van der Waals surface area contributed by atoms with Crippen molar-refractivity contribution >= 4 is 11.0 Å². The second-order valence-corrected chi connectivity index (χ2v) is 6.70. The van der Waals surface area contributed by atoms with Crippen LogP contribution < -0.4 is 9.47 Å². The first kappa shape index (κ1) is 17.1. The molecule has 0 aliphatic carbocycles. The molecule has 2 aromatic heterocycles. The van der Waals surface area contributed by atoms with Gasteiger partial charge in [-0.1, -0.05) is 13.8 Å². The molecule has 1 N–H and O–H groups in total. The van der Waals surface area contributed by atoms with Crippen LogP contribution in [-0.2, 0) is 0 Å². The summed E-state index contributed by atoms with van der Waals surface area (Å²) in [5.41, 5.74) is 3.67. The number of nitrogens with zero attached hydrogens (tertiary/aromatic N) is 4. The van der Waals surface area contributed by atoms with Crippen LogP contribution in [0.5, 0.6) is 11.5 Å². The van der Waals surface area contributed by atoms with E-state index < -0.39 is 0 Å². The summed E-state index contributed by atoms with van der Waals surface area (Å²) in [5.74, 6) is 2.63. The largest absolute Gasteiger partial charge is 0.493 e. The fourth-order valence-corrected chi connectivity index (χ4v) is 2.81. The van der Waals surface area contributed by atoms with Gasteiger partial charge in [0.2, 0.25) is 0 Å². The third-order valence-electron chi connectivity index (χ3n) is 4.16. The van der Waals surface area contributed by atoms with Crippen LogP contribution in [0.1, 0.15) is 13.8 Å². The number of methoxy groups -OCH3 is 1. The minimum Gasteiger partial charge on any atom is -0.493 e. The maximum atomic E-state index is 5.91. The van der Waals surface area contributed by atoms with Gasteiger partial charge < -0.3 is 14.5 Å². The molecule has 0 unspecified atom stereocenters. The van der Waals surface area contributed by atoms with Crippen molar-refractivity contribution in [2.45, 2.75) is 13.8 Å². The van der Waals surface area contributed by atoms with Gasteiger partial charge in [0.05, 0.1) is 30.4 Å². The number of imidazole rings is 1. The Hall–Kier alpha value is -3.35. The Labute approximate surface area is 157 Å². The van der Waals surface area contributed by atoms with Gasteiger partial charge in [-0.2, -0.15) is 5.10 Å². The van der Waals surface area contributed by atoms with Crippen LogP contribution in [0.25, 0.3) is 28.1 Å². The van der Waals surface area contributed by atoms with Gasteiger partial charge in [0.15, 0.2) is 11.5 Å². The van der Waals surface area contributed by atoms with Crippen LogP contribution in [-0.4, -0.2) is 38.4 Å². The van der Waals surface area contributed by atoms with Gasteiger partial charge in [-0.3, -0.25) is 0 Å². The van der Waals surface area contributed by atoms with Gasteiger partial charge in [0.1, 0.15) is 18.5 Å². The van der Waals surface area contributed by atoms with Crippen molar-refractivity contribution in [2.24, 2.45) is 5.92 Å². The van der Waals surface area contributed by atoms with E-state index in [1.54, 1.807) is 18.1 Å². The monoisotopic (exact) mass is 363 g/mol. The van der Waals surface area contributed by atoms with Crippen LogP contribution >= 0.6 is 0 Å². The molecule has 2 aromatic carbocycles. The number of H-pyrrole nitrogens is 1. The number of hydrogen-bond donors (Lipinski definition) is 1. The van der Waals surface area contributed by atoms with Gasteiger partial charge in [0.25, 0.3) is 0 Å². The summed E-state index contributed by atoms with van der Waals surface area (Å²) in [4.78, 5) is 12.1. The average Bonchev–Trinajstić information content (AvgIpc) is 3.35. The third kappa shape index (κ3) is 3.48. The zero-order valence-electron chi connectivity index (χ0n) is 15.5. The molecule has 2 heterocycles. The van der Waals surface area contributed by atoms with E-state index in [0.29, 0.717) is 24.0 Å². The molecular weight excluding hydrogens is 342 g/mol. The van der Waals surface area contributed by atoms with Crippen LogP contribution in [0.2, 0.25) is 0 Å². The fourth-order valence-electron chi connectivity index (χ4n) is 2.81. The normalized spacial score (nSPS) is 11.3. The molecule has 0 spiro atoms. The number of fused-ring (bicyclic) bond motifs is 1. The molecule has 0 saturated carbocycles.